The molecule has 1 aromatic carbocycles. The highest BCUT2D eigenvalue weighted by molar-refractivity contribution is 7.18. The van der Waals surface area contributed by atoms with Gasteiger partial charge in [0.25, 0.3) is 0 Å². The average molecular weight is 318 g/mol. The second-order valence-electron chi connectivity index (χ2n) is 4.97. The first-order valence-electron chi connectivity index (χ1n) is 6.88. The lowest BCUT2D eigenvalue weighted by Gasteiger charge is -2.15. The molecule has 2 N–H and O–H groups in total. The summed E-state index contributed by atoms with van der Waals surface area (Å²) in [5.74, 6) is -1.04. The number of rotatable bonds is 4. The molecule has 0 atom stereocenters. The van der Waals surface area contributed by atoms with Crippen LogP contribution in [0.2, 0.25) is 0 Å². The summed E-state index contributed by atoms with van der Waals surface area (Å²) in [6.45, 7) is 4.39. The summed E-state index contributed by atoms with van der Waals surface area (Å²) in [5, 5.41) is 12.0. The second kappa shape index (κ2) is 6.62. The number of carbonyl (C=O) groups excluding carboxylic acids is 1. The van der Waals surface area contributed by atoms with Crippen LogP contribution in [0.15, 0.2) is 30.3 Å². The van der Waals surface area contributed by atoms with Crippen LogP contribution in [0.4, 0.5) is 10.5 Å². The predicted molar refractivity (Wildman–Crippen MR) is 88.8 cm³/mol. The largest absolute Gasteiger partial charge is 0.477 e. The zero-order chi connectivity index (χ0) is 16.3. The maximum atomic E-state index is 11.9. The molecule has 0 saturated heterocycles. The molecule has 2 amide bonds. The van der Waals surface area contributed by atoms with Crippen LogP contribution >= 0.6 is 11.3 Å². The van der Waals surface area contributed by atoms with Gasteiger partial charge in [0.15, 0.2) is 0 Å². The quantitative estimate of drug-likeness (QED) is 0.898. The normalized spacial score (nSPS) is 10.3. The summed E-state index contributed by atoms with van der Waals surface area (Å²) in [4.78, 5) is 25.7. The molecule has 1 aromatic heterocycles. The minimum atomic E-state index is -1.04. The molecule has 6 heteroatoms. The third-order valence-electron chi connectivity index (χ3n) is 3.33. The Hall–Kier alpha value is -2.34. The fraction of sp³-hybridized carbons (Fsp3) is 0.250. The molecule has 0 unspecified atom stereocenters. The van der Waals surface area contributed by atoms with Crippen LogP contribution in [0.1, 0.15) is 22.2 Å². The van der Waals surface area contributed by atoms with Gasteiger partial charge in [-0.2, -0.15) is 0 Å². The first-order chi connectivity index (χ1) is 10.4. The molecule has 0 spiro atoms. The number of hydrogen-bond donors (Lipinski definition) is 2. The molecule has 116 valence electrons. The van der Waals surface area contributed by atoms with Gasteiger partial charge in [0.2, 0.25) is 0 Å². The van der Waals surface area contributed by atoms with Crippen molar-refractivity contribution < 1.29 is 14.7 Å². The number of carboxylic acid groups (broad SMARTS) is 1. The predicted octanol–water partition coefficient (Wildman–Crippen LogP) is 3.91. The summed E-state index contributed by atoms with van der Waals surface area (Å²) in [7, 11) is 1.66. The van der Waals surface area contributed by atoms with E-state index in [9.17, 15) is 14.7 Å². The van der Waals surface area contributed by atoms with Gasteiger partial charge in [-0.15, -0.1) is 11.3 Å². The molecule has 0 bridgehead atoms. The van der Waals surface area contributed by atoms with Crippen LogP contribution in [-0.2, 0) is 0 Å². The lowest BCUT2D eigenvalue weighted by molar-refractivity contribution is 0.0703. The highest BCUT2D eigenvalue weighted by Crippen LogP contribution is 2.35. The first-order valence-corrected chi connectivity index (χ1v) is 7.70. The molecule has 0 fully saturated rings. The van der Waals surface area contributed by atoms with Gasteiger partial charge in [-0.3, -0.25) is 0 Å². The van der Waals surface area contributed by atoms with E-state index in [0.29, 0.717) is 12.2 Å². The van der Waals surface area contributed by atoms with E-state index in [1.54, 1.807) is 13.1 Å². The van der Waals surface area contributed by atoms with Crippen LogP contribution in [0, 0.1) is 6.92 Å². The molecule has 2 aromatic rings. The van der Waals surface area contributed by atoms with Crippen molar-refractivity contribution in [3.8, 4) is 10.4 Å². The Morgan fingerprint density at radius 3 is 2.45 bits per heavy atom. The van der Waals surface area contributed by atoms with Gasteiger partial charge < -0.3 is 15.3 Å². The van der Waals surface area contributed by atoms with Crippen LogP contribution in [0.3, 0.4) is 0 Å². The number of benzene rings is 1. The summed E-state index contributed by atoms with van der Waals surface area (Å²) < 4.78 is 0. The van der Waals surface area contributed by atoms with E-state index in [2.05, 4.69) is 5.32 Å². The van der Waals surface area contributed by atoms with Gasteiger partial charge >= 0.3 is 12.0 Å². The SMILES string of the molecule is CCN(C)C(=O)Nc1cc(-c2ccc(C)cc2)sc1C(=O)O. The third kappa shape index (κ3) is 3.46. The Balaban J connectivity index is 2.35. The number of aryl methyl sites for hydroxylation is 1. The molecular formula is C16H18N2O3S. The Morgan fingerprint density at radius 2 is 1.91 bits per heavy atom. The summed E-state index contributed by atoms with van der Waals surface area (Å²) in [6.07, 6.45) is 0. The molecule has 0 saturated carbocycles. The summed E-state index contributed by atoms with van der Waals surface area (Å²) in [6, 6.07) is 9.21. The van der Waals surface area contributed by atoms with E-state index in [1.807, 2.05) is 38.1 Å². The highest BCUT2D eigenvalue weighted by Gasteiger charge is 2.19. The zero-order valence-corrected chi connectivity index (χ0v) is 13.5. The molecule has 0 aliphatic carbocycles. The van der Waals surface area contributed by atoms with Gasteiger partial charge in [0.05, 0.1) is 5.69 Å². The van der Waals surface area contributed by atoms with Crippen molar-refractivity contribution in [2.75, 3.05) is 18.9 Å². The van der Waals surface area contributed by atoms with Gasteiger partial charge in [-0.25, -0.2) is 9.59 Å². The van der Waals surface area contributed by atoms with Crippen LogP contribution in [-0.4, -0.2) is 35.6 Å². The lowest BCUT2D eigenvalue weighted by Crippen LogP contribution is -2.31. The van der Waals surface area contributed by atoms with Crippen molar-refractivity contribution in [3.63, 3.8) is 0 Å². The maximum Gasteiger partial charge on any atom is 0.348 e. The molecule has 0 aliphatic rings. The number of thiophene rings is 1. The smallest absolute Gasteiger partial charge is 0.348 e. The number of anilines is 1. The van der Waals surface area contributed by atoms with Gasteiger partial charge in [0, 0.05) is 18.5 Å². The third-order valence-corrected chi connectivity index (χ3v) is 4.50. The van der Waals surface area contributed by atoms with E-state index < -0.39 is 5.97 Å². The second-order valence-corrected chi connectivity index (χ2v) is 6.02. The lowest BCUT2D eigenvalue weighted by atomic mass is 10.1. The highest BCUT2D eigenvalue weighted by atomic mass is 32.1. The fourth-order valence-corrected chi connectivity index (χ4v) is 2.81. The van der Waals surface area contributed by atoms with E-state index in [-0.39, 0.29) is 10.9 Å². The molecule has 0 radical (unpaired) electrons. The number of urea groups is 1. The Kier molecular flexibility index (Phi) is 4.82. The van der Waals surface area contributed by atoms with E-state index in [1.165, 1.54) is 4.90 Å². The molecule has 22 heavy (non-hydrogen) atoms. The van der Waals surface area contributed by atoms with Crippen LogP contribution < -0.4 is 5.32 Å². The Bertz CT molecular complexity index is 692. The van der Waals surface area contributed by atoms with Crippen molar-refractivity contribution in [3.05, 3.63) is 40.8 Å². The number of nitrogens with one attached hydrogen (secondary N) is 1. The van der Waals surface area contributed by atoms with Crippen molar-refractivity contribution in [2.24, 2.45) is 0 Å². The standard InChI is InChI=1S/C16H18N2O3S/c1-4-18(3)16(21)17-12-9-13(22-14(12)15(19)20)11-7-5-10(2)6-8-11/h5-9H,4H2,1-3H3,(H,17,21)(H,19,20). The van der Waals surface area contributed by atoms with Crippen LogP contribution in [0.5, 0.6) is 0 Å². The fourth-order valence-electron chi connectivity index (χ4n) is 1.86. The minimum Gasteiger partial charge on any atom is -0.477 e. The molecule has 0 aliphatic heterocycles. The van der Waals surface area contributed by atoms with E-state index in [0.717, 1.165) is 27.3 Å². The number of amides is 2. The van der Waals surface area contributed by atoms with E-state index >= 15 is 0 Å². The molecule has 5 nitrogen and oxygen atoms in total. The summed E-state index contributed by atoms with van der Waals surface area (Å²) in [5.41, 5.74) is 2.40. The van der Waals surface area contributed by atoms with Gasteiger partial charge in [-0.05, 0) is 25.5 Å². The van der Waals surface area contributed by atoms with Crippen LogP contribution in [0.25, 0.3) is 10.4 Å². The Labute approximate surface area is 133 Å². The number of carbonyl (C=O) groups is 2. The Morgan fingerprint density at radius 1 is 1.27 bits per heavy atom. The molecular weight excluding hydrogens is 300 g/mol. The average Bonchev–Trinajstić information content (AvgIpc) is 2.91. The van der Waals surface area contributed by atoms with Gasteiger partial charge in [0.1, 0.15) is 4.88 Å². The van der Waals surface area contributed by atoms with Crippen molar-refractivity contribution in [1.82, 2.24) is 4.90 Å². The van der Waals surface area contributed by atoms with Gasteiger partial charge in [-0.1, -0.05) is 29.8 Å². The minimum absolute atomic E-state index is 0.133. The number of nitrogens with zero attached hydrogens (tertiary/aromatic N) is 1. The monoisotopic (exact) mass is 318 g/mol. The molecule has 1 heterocycles. The number of hydrogen-bond acceptors (Lipinski definition) is 3. The maximum absolute atomic E-state index is 11.9. The number of carboxylic acids is 1. The first kappa shape index (κ1) is 16.0. The number of aromatic carboxylic acids is 1. The topological polar surface area (TPSA) is 69.6 Å². The van der Waals surface area contributed by atoms with Crippen molar-refractivity contribution in [2.45, 2.75) is 13.8 Å². The molecule has 2 rings (SSSR count). The van der Waals surface area contributed by atoms with Crippen molar-refractivity contribution >= 4 is 29.0 Å². The van der Waals surface area contributed by atoms with Crippen molar-refractivity contribution in [1.29, 1.82) is 0 Å². The van der Waals surface area contributed by atoms with E-state index in [4.69, 9.17) is 0 Å². The zero-order valence-electron chi connectivity index (χ0n) is 12.7. The summed E-state index contributed by atoms with van der Waals surface area (Å²) >= 11 is 1.16.